The molecule has 1 aromatic heterocycles. The lowest BCUT2D eigenvalue weighted by Crippen LogP contribution is -2.35. The Hall–Kier alpha value is -2.11. The van der Waals surface area contributed by atoms with Crippen molar-refractivity contribution in [2.24, 2.45) is 5.92 Å². The number of pyridine rings is 1. The van der Waals surface area contributed by atoms with Crippen LogP contribution in [0, 0.1) is 5.92 Å². The second kappa shape index (κ2) is 7.44. The third-order valence-corrected chi connectivity index (χ3v) is 4.25. The maximum absolute atomic E-state index is 12.1. The number of amides is 2. The second-order valence-corrected chi connectivity index (χ2v) is 6.23. The molecule has 2 amide bonds. The highest BCUT2D eigenvalue weighted by Gasteiger charge is 2.29. The molecule has 23 heavy (non-hydrogen) atoms. The normalized spacial score (nSPS) is 18.2. The molecule has 2 heterocycles. The van der Waals surface area contributed by atoms with Gasteiger partial charge in [0.25, 0.3) is 5.91 Å². The van der Waals surface area contributed by atoms with Crippen molar-refractivity contribution in [3.8, 4) is 5.88 Å². The minimum absolute atomic E-state index is 0.0137. The molecule has 1 aliphatic heterocycles. The largest absolute Gasteiger partial charge is 0.468 e. The van der Waals surface area contributed by atoms with E-state index < -0.39 is 0 Å². The van der Waals surface area contributed by atoms with Crippen molar-refractivity contribution >= 4 is 17.5 Å². The van der Waals surface area contributed by atoms with Crippen LogP contribution < -0.4 is 10.1 Å². The summed E-state index contributed by atoms with van der Waals surface area (Å²) in [6, 6.07) is 3.43. The van der Waals surface area contributed by atoms with Crippen LogP contribution in [0.3, 0.4) is 0 Å². The average molecular weight is 317 g/mol. The molecule has 1 N–H and O–H groups in total. The van der Waals surface area contributed by atoms with E-state index in [0.717, 1.165) is 38.8 Å². The van der Waals surface area contributed by atoms with Gasteiger partial charge in [-0.1, -0.05) is 12.8 Å². The Morgan fingerprint density at radius 2 is 1.91 bits per heavy atom. The Bertz CT molecular complexity index is 547. The fourth-order valence-corrected chi connectivity index (χ4v) is 2.68. The molecule has 124 valence electrons. The van der Waals surface area contributed by atoms with Gasteiger partial charge in [0.1, 0.15) is 0 Å². The highest BCUT2D eigenvalue weighted by atomic mass is 16.5. The Kier molecular flexibility index (Phi) is 5.10. The second-order valence-electron chi connectivity index (χ2n) is 6.23. The van der Waals surface area contributed by atoms with E-state index in [2.05, 4.69) is 10.3 Å². The third kappa shape index (κ3) is 4.68. The number of likely N-dealkylation sites (tertiary alicyclic amines) is 1. The number of nitrogens with zero attached hydrogens (tertiary/aromatic N) is 2. The summed E-state index contributed by atoms with van der Waals surface area (Å²) < 4.78 is 5.47. The summed E-state index contributed by atoms with van der Waals surface area (Å²) >= 11 is 0. The predicted octanol–water partition coefficient (Wildman–Crippen LogP) is 2.21. The molecule has 1 aromatic rings. The van der Waals surface area contributed by atoms with Crippen molar-refractivity contribution in [3.63, 3.8) is 0 Å². The van der Waals surface area contributed by atoms with Crippen molar-refractivity contribution in [2.75, 3.05) is 25.0 Å². The van der Waals surface area contributed by atoms with E-state index in [1.54, 1.807) is 18.3 Å². The quantitative estimate of drug-likeness (QED) is 0.904. The summed E-state index contributed by atoms with van der Waals surface area (Å²) in [5, 5.41) is 2.82. The van der Waals surface area contributed by atoms with E-state index in [1.165, 1.54) is 12.8 Å². The molecule has 2 fully saturated rings. The maximum Gasteiger partial charge on any atom is 0.260 e. The first kappa shape index (κ1) is 15.8. The van der Waals surface area contributed by atoms with Gasteiger partial charge in [-0.05, 0) is 31.7 Å². The number of hydrogen-bond acceptors (Lipinski definition) is 4. The van der Waals surface area contributed by atoms with Gasteiger partial charge in [0.2, 0.25) is 11.8 Å². The monoisotopic (exact) mass is 317 g/mol. The van der Waals surface area contributed by atoms with Crippen LogP contribution in [-0.2, 0) is 9.59 Å². The van der Waals surface area contributed by atoms with Crippen LogP contribution in [0.1, 0.15) is 38.5 Å². The number of nitrogens with one attached hydrogen (secondary N) is 1. The van der Waals surface area contributed by atoms with Gasteiger partial charge in [-0.3, -0.25) is 9.59 Å². The zero-order valence-electron chi connectivity index (χ0n) is 13.3. The minimum atomic E-state index is 0.0137. The summed E-state index contributed by atoms with van der Waals surface area (Å²) in [7, 11) is 0. The van der Waals surface area contributed by atoms with Crippen LogP contribution in [0.15, 0.2) is 18.3 Å². The first-order valence-corrected chi connectivity index (χ1v) is 8.40. The Morgan fingerprint density at radius 1 is 1.17 bits per heavy atom. The molecule has 1 saturated heterocycles. The highest BCUT2D eigenvalue weighted by molar-refractivity contribution is 5.93. The lowest BCUT2D eigenvalue weighted by Gasteiger charge is -2.20. The molecule has 0 unspecified atom stereocenters. The topological polar surface area (TPSA) is 71.5 Å². The average Bonchev–Trinajstić information content (AvgIpc) is 3.40. The molecule has 6 heteroatoms. The smallest absolute Gasteiger partial charge is 0.260 e. The Morgan fingerprint density at radius 3 is 2.52 bits per heavy atom. The van der Waals surface area contributed by atoms with E-state index in [4.69, 9.17) is 4.74 Å². The van der Waals surface area contributed by atoms with Crippen LogP contribution in [-0.4, -0.2) is 41.4 Å². The molecule has 0 spiro atoms. The molecule has 0 bridgehead atoms. The summed E-state index contributed by atoms with van der Waals surface area (Å²) in [6.07, 6.45) is 8.03. The standard InChI is InChI=1S/C17H23N3O3/c21-16(20-9-3-1-2-4-10-20)12-23-15-8-7-14(11-18-15)19-17(22)13-5-6-13/h7-8,11,13H,1-6,9-10,12H2,(H,19,22). The van der Waals surface area contributed by atoms with Gasteiger partial charge in [-0.15, -0.1) is 0 Å². The number of rotatable bonds is 5. The first-order chi connectivity index (χ1) is 11.2. The zero-order valence-corrected chi connectivity index (χ0v) is 13.3. The van der Waals surface area contributed by atoms with Crippen molar-refractivity contribution in [3.05, 3.63) is 18.3 Å². The van der Waals surface area contributed by atoms with E-state index in [1.807, 2.05) is 4.90 Å². The minimum Gasteiger partial charge on any atom is -0.468 e. The number of carbonyl (C=O) groups is 2. The number of ether oxygens (including phenoxy) is 1. The Balaban J connectivity index is 1.45. The van der Waals surface area contributed by atoms with Crippen LogP contribution >= 0.6 is 0 Å². The van der Waals surface area contributed by atoms with Gasteiger partial charge >= 0.3 is 0 Å². The number of hydrogen-bond donors (Lipinski definition) is 1. The van der Waals surface area contributed by atoms with Gasteiger partial charge in [0, 0.05) is 25.1 Å². The van der Waals surface area contributed by atoms with Crippen molar-refractivity contribution in [2.45, 2.75) is 38.5 Å². The fraction of sp³-hybridized carbons (Fsp3) is 0.588. The van der Waals surface area contributed by atoms with Gasteiger partial charge in [0.05, 0.1) is 11.9 Å². The zero-order chi connectivity index (χ0) is 16.1. The molecular formula is C17H23N3O3. The third-order valence-electron chi connectivity index (χ3n) is 4.25. The Labute approximate surface area is 136 Å². The van der Waals surface area contributed by atoms with Crippen molar-refractivity contribution < 1.29 is 14.3 Å². The molecule has 1 saturated carbocycles. The molecule has 6 nitrogen and oxygen atoms in total. The lowest BCUT2D eigenvalue weighted by molar-refractivity contribution is -0.133. The van der Waals surface area contributed by atoms with Gasteiger partial charge in [-0.25, -0.2) is 4.98 Å². The first-order valence-electron chi connectivity index (χ1n) is 8.40. The molecule has 2 aliphatic rings. The van der Waals surface area contributed by atoms with E-state index in [0.29, 0.717) is 11.6 Å². The SMILES string of the molecule is O=C(Nc1ccc(OCC(=O)N2CCCCCC2)nc1)C1CC1. The van der Waals surface area contributed by atoms with Crippen LogP contribution in [0.4, 0.5) is 5.69 Å². The number of carbonyl (C=O) groups excluding carboxylic acids is 2. The number of anilines is 1. The van der Waals surface area contributed by atoms with Crippen LogP contribution in [0.2, 0.25) is 0 Å². The molecule has 1 aliphatic carbocycles. The van der Waals surface area contributed by atoms with Crippen LogP contribution in [0.25, 0.3) is 0 Å². The summed E-state index contributed by atoms with van der Waals surface area (Å²) in [6.45, 7) is 1.66. The molecule has 0 atom stereocenters. The van der Waals surface area contributed by atoms with Gasteiger partial charge < -0.3 is 15.0 Å². The van der Waals surface area contributed by atoms with Gasteiger partial charge in [-0.2, -0.15) is 0 Å². The fourth-order valence-electron chi connectivity index (χ4n) is 2.68. The van der Waals surface area contributed by atoms with E-state index in [9.17, 15) is 9.59 Å². The maximum atomic E-state index is 12.1. The predicted molar refractivity (Wildman–Crippen MR) is 86.1 cm³/mol. The highest BCUT2D eigenvalue weighted by Crippen LogP contribution is 2.30. The van der Waals surface area contributed by atoms with Crippen molar-refractivity contribution in [1.29, 1.82) is 0 Å². The number of aromatic nitrogens is 1. The lowest BCUT2D eigenvalue weighted by atomic mass is 10.2. The van der Waals surface area contributed by atoms with E-state index in [-0.39, 0.29) is 24.3 Å². The van der Waals surface area contributed by atoms with E-state index >= 15 is 0 Å². The summed E-state index contributed by atoms with van der Waals surface area (Å²) in [5.41, 5.74) is 0.660. The van der Waals surface area contributed by atoms with Crippen LogP contribution in [0.5, 0.6) is 5.88 Å². The molecule has 0 aromatic carbocycles. The molecule has 3 rings (SSSR count). The van der Waals surface area contributed by atoms with Gasteiger partial charge in [0.15, 0.2) is 6.61 Å². The summed E-state index contributed by atoms with van der Waals surface area (Å²) in [5.74, 6) is 0.631. The molecule has 0 radical (unpaired) electrons. The summed E-state index contributed by atoms with van der Waals surface area (Å²) in [4.78, 5) is 29.8. The molecular weight excluding hydrogens is 294 g/mol. The van der Waals surface area contributed by atoms with Crippen molar-refractivity contribution in [1.82, 2.24) is 9.88 Å².